The molecule has 0 saturated heterocycles. The minimum atomic E-state index is -2.96. The molecule has 0 fully saturated rings. The van der Waals surface area contributed by atoms with E-state index in [4.69, 9.17) is 17.0 Å². The molecule has 0 aromatic heterocycles. The summed E-state index contributed by atoms with van der Waals surface area (Å²) in [5.41, 5.74) is 0.640. The van der Waals surface area contributed by atoms with Crippen molar-refractivity contribution >= 4 is 27.2 Å². The molecule has 0 spiro atoms. The van der Waals surface area contributed by atoms with Gasteiger partial charge in [-0.05, 0) is 24.7 Å². The molecule has 1 heterocycles. The van der Waals surface area contributed by atoms with Gasteiger partial charge in [-0.25, -0.2) is 8.42 Å². The van der Waals surface area contributed by atoms with E-state index >= 15 is 0 Å². The summed E-state index contributed by atoms with van der Waals surface area (Å²) in [6.45, 7) is 2.87. The van der Waals surface area contributed by atoms with Gasteiger partial charge in [-0.3, -0.25) is 0 Å². The van der Waals surface area contributed by atoms with E-state index in [0.29, 0.717) is 12.3 Å². The zero-order valence-corrected chi connectivity index (χ0v) is 18.8. The first-order valence-electron chi connectivity index (χ1n) is 10.9. The second kappa shape index (κ2) is 15.3. The van der Waals surface area contributed by atoms with E-state index in [-0.39, 0.29) is 16.7 Å². The molecule has 1 rings (SSSR count). The average molecular weight is 418 g/mol. The SMILES string of the molecule is CCCCCCCCCCCCCCCCOC(=S)NC1=CCS(=O)(=O)C1. The van der Waals surface area contributed by atoms with Crippen LogP contribution in [0.2, 0.25) is 0 Å². The van der Waals surface area contributed by atoms with Gasteiger partial charge in [-0.15, -0.1) is 0 Å². The number of ether oxygens (including phenoxy) is 1. The molecular formula is C21H39NO3S2. The van der Waals surface area contributed by atoms with Gasteiger partial charge in [-0.2, -0.15) is 0 Å². The average Bonchev–Trinajstić information content (AvgIpc) is 2.96. The number of unbranched alkanes of at least 4 members (excludes halogenated alkanes) is 13. The third-order valence-corrected chi connectivity index (χ3v) is 6.60. The monoisotopic (exact) mass is 417 g/mol. The first-order valence-corrected chi connectivity index (χ1v) is 13.1. The van der Waals surface area contributed by atoms with Crippen LogP contribution in [0, 0.1) is 0 Å². The first-order chi connectivity index (χ1) is 13.0. The molecule has 0 aromatic carbocycles. The van der Waals surface area contributed by atoms with Crippen molar-refractivity contribution in [1.29, 1.82) is 0 Å². The van der Waals surface area contributed by atoms with Crippen LogP contribution >= 0.6 is 12.2 Å². The summed E-state index contributed by atoms with van der Waals surface area (Å²) in [5, 5.41) is 3.16. The lowest BCUT2D eigenvalue weighted by molar-refractivity contribution is 0.289. The zero-order chi connectivity index (χ0) is 19.8. The maximum atomic E-state index is 11.4. The van der Waals surface area contributed by atoms with Gasteiger partial charge in [0.05, 0.1) is 18.1 Å². The molecule has 27 heavy (non-hydrogen) atoms. The highest BCUT2D eigenvalue weighted by molar-refractivity contribution is 7.92. The molecule has 1 aliphatic heterocycles. The van der Waals surface area contributed by atoms with Gasteiger partial charge in [0, 0.05) is 5.70 Å². The van der Waals surface area contributed by atoms with Crippen molar-refractivity contribution in [3.8, 4) is 0 Å². The summed E-state index contributed by atoms with van der Waals surface area (Å²) in [6, 6.07) is 0. The highest BCUT2D eigenvalue weighted by atomic mass is 32.2. The highest BCUT2D eigenvalue weighted by Gasteiger charge is 2.20. The van der Waals surface area contributed by atoms with E-state index in [1.165, 1.54) is 77.0 Å². The van der Waals surface area contributed by atoms with Gasteiger partial charge >= 0.3 is 0 Å². The smallest absolute Gasteiger partial charge is 0.260 e. The maximum Gasteiger partial charge on any atom is 0.260 e. The van der Waals surface area contributed by atoms with Gasteiger partial charge in [0.15, 0.2) is 9.84 Å². The van der Waals surface area contributed by atoms with Crippen LogP contribution in [-0.4, -0.2) is 31.7 Å². The summed E-state index contributed by atoms with van der Waals surface area (Å²) in [6.07, 6.45) is 20.3. The van der Waals surface area contributed by atoms with Crippen LogP contribution < -0.4 is 5.32 Å². The molecule has 0 saturated carbocycles. The van der Waals surface area contributed by atoms with Crippen LogP contribution in [0.1, 0.15) is 96.8 Å². The van der Waals surface area contributed by atoms with Crippen LogP contribution in [0.4, 0.5) is 0 Å². The van der Waals surface area contributed by atoms with Crippen molar-refractivity contribution in [3.63, 3.8) is 0 Å². The predicted molar refractivity (Wildman–Crippen MR) is 119 cm³/mol. The fraction of sp³-hybridized carbons (Fsp3) is 0.857. The van der Waals surface area contributed by atoms with E-state index in [1.807, 2.05) is 0 Å². The normalized spacial score (nSPS) is 15.5. The van der Waals surface area contributed by atoms with Crippen molar-refractivity contribution in [2.75, 3.05) is 18.1 Å². The Hall–Kier alpha value is -0.620. The molecule has 0 amide bonds. The lowest BCUT2D eigenvalue weighted by Crippen LogP contribution is -2.25. The fourth-order valence-electron chi connectivity index (χ4n) is 3.30. The largest absolute Gasteiger partial charge is 0.471 e. The van der Waals surface area contributed by atoms with Gasteiger partial charge in [0.25, 0.3) is 5.17 Å². The Balaban J connectivity index is 1.79. The third kappa shape index (κ3) is 14.1. The van der Waals surface area contributed by atoms with E-state index in [2.05, 4.69) is 12.2 Å². The predicted octanol–water partition coefficient (Wildman–Crippen LogP) is 5.67. The minimum Gasteiger partial charge on any atom is -0.471 e. The Kier molecular flexibility index (Phi) is 13.9. The molecule has 0 aliphatic carbocycles. The second-order valence-corrected chi connectivity index (χ2v) is 10.1. The molecule has 0 bridgehead atoms. The van der Waals surface area contributed by atoms with E-state index in [1.54, 1.807) is 6.08 Å². The van der Waals surface area contributed by atoms with E-state index in [0.717, 1.165) is 12.8 Å². The Bertz CT molecular complexity index is 530. The summed E-state index contributed by atoms with van der Waals surface area (Å²) in [7, 11) is -2.96. The van der Waals surface area contributed by atoms with Crippen molar-refractivity contribution < 1.29 is 13.2 Å². The lowest BCUT2D eigenvalue weighted by atomic mass is 10.0. The molecule has 6 heteroatoms. The maximum absolute atomic E-state index is 11.4. The molecule has 158 valence electrons. The van der Waals surface area contributed by atoms with Crippen LogP contribution in [0.3, 0.4) is 0 Å². The zero-order valence-electron chi connectivity index (χ0n) is 17.1. The molecular weight excluding hydrogens is 378 g/mol. The molecule has 1 aliphatic rings. The number of hydrogen-bond acceptors (Lipinski definition) is 4. The van der Waals surface area contributed by atoms with Gasteiger partial charge in [0.2, 0.25) is 0 Å². The number of rotatable bonds is 16. The summed E-state index contributed by atoms with van der Waals surface area (Å²) in [4.78, 5) is 0. The molecule has 1 N–H and O–H groups in total. The van der Waals surface area contributed by atoms with Crippen molar-refractivity contribution in [2.24, 2.45) is 0 Å². The standard InChI is InChI=1S/C21H39NO3S2/c1-2-3-4-5-6-7-8-9-10-11-12-13-14-15-17-25-21(26)22-20-16-18-27(23,24)19-20/h16H,2-15,17-19H2,1H3,(H,22,26). The first kappa shape index (κ1) is 24.4. The molecule has 0 radical (unpaired) electrons. The quantitative estimate of drug-likeness (QED) is 0.259. The van der Waals surface area contributed by atoms with Gasteiger partial charge in [0.1, 0.15) is 0 Å². The number of thiocarbonyl (C=S) groups is 1. The minimum absolute atomic E-state index is 0.0371. The Morgan fingerprint density at radius 3 is 1.85 bits per heavy atom. The molecule has 0 unspecified atom stereocenters. The van der Waals surface area contributed by atoms with Gasteiger partial charge < -0.3 is 10.1 Å². The van der Waals surface area contributed by atoms with Crippen LogP contribution in [0.25, 0.3) is 0 Å². The molecule has 0 atom stereocenters. The summed E-state index contributed by atoms with van der Waals surface area (Å²) in [5.74, 6) is 0.131. The topological polar surface area (TPSA) is 55.4 Å². The van der Waals surface area contributed by atoms with Crippen LogP contribution in [0.5, 0.6) is 0 Å². The summed E-state index contributed by atoms with van der Waals surface area (Å²) < 4.78 is 28.2. The lowest BCUT2D eigenvalue weighted by Gasteiger charge is -2.10. The van der Waals surface area contributed by atoms with Crippen molar-refractivity contribution in [2.45, 2.75) is 96.8 Å². The number of nitrogens with one attached hydrogen (secondary N) is 1. The van der Waals surface area contributed by atoms with E-state index in [9.17, 15) is 8.42 Å². The van der Waals surface area contributed by atoms with Crippen molar-refractivity contribution in [1.82, 2.24) is 5.32 Å². The fourth-order valence-corrected chi connectivity index (χ4v) is 4.75. The number of hydrogen-bond donors (Lipinski definition) is 1. The van der Waals surface area contributed by atoms with E-state index < -0.39 is 9.84 Å². The second-order valence-electron chi connectivity index (χ2n) is 7.64. The van der Waals surface area contributed by atoms with Crippen LogP contribution in [-0.2, 0) is 14.6 Å². The number of sulfone groups is 1. The Labute approximate surface area is 172 Å². The summed E-state index contributed by atoms with van der Waals surface area (Å²) >= 11 is 5.10. The highest BCUT2D eigenvalue weighted by Crippen LogP contribution is 2.13. The Morgan fingerprint density at radius 2 is 1.41 bits per heavy atom. The van der Waals surface area contributed by atoms with Gasteiger partial charge in [-0.1, -0.05) is 90.4 Å². The molecule has 0 aromatic rings. The molecule has 4 nitrogen and oxygen atoms in total. The Morgan fingerprint density at radius 1 is 0.926 bits per heavy atom. The van der Waals surface area contributed by atoms with Crippen LogP contribution in [0.15, 0.2) is 11.8 Å². The van der Waals surface area contributed by atoms with Crippen molar-refractivity contribution in [3.05, 3.63) is 11.8 Å². The third-order valence-electron chi connectivity index (χ3n) is 4.95.